The lowest BCUT2D eigenvalue weighted by atomic mass is 9.90. The van der Waals surface area contributed by atoms with E-state index in [2.05, 4.69) is 15.9 Å². The average molecular weight is 458 g/mol. The van der Waals surface area contributed by atoms with Crippen LogP contribution in [0.5, 0.6) is 0 Å². The molecule has 5 nitrogen and oxygen atoms in total. The molecule has 1 amide bonds. The Kier molecular flexibility index (Phi) is 5.05. The number of nitrogens with zero attached hydrogens (tertiary/aromatic N) is 1. The highest BCUT2D eigenvalue weighted by atomic mass is 79.9. The summed E-state index contributed by atoms with van der Waals surface area (Å²) in [5.74, 6) is -0.388. The predicted octanol–water partition coefficient (Wildman–Crippen LogP) is 4.31. The van der Waals surface area contributed by atoms with E-state index in [4.69, 9.17) is 4.18 Å². The van der Waals surface area contributed by atoms with Crippen molar-refractivity contribution < 1.29 is 17.4 Å². The van der Waals surface area contributed by atoms with E-state index < -0.39 is 22.3 Å². The van der Waals surface area contributed by atoms with Gasteiger partial charge in [0.05, 0.1) is 10.9 Å². The number of amides is 1. The zero-order chi connectivity index (χ0) is 19.7. The molecule has 0 spiro atoms. The Labute approximate surface area is 171 Å². The summed E-state index contributed by atoms with van der Waals surface area (Å²) in [5, 5.41) is 0. The van der Waals surface area contributed by atoms with Gasteiger partial charge in [-0.2, -0.15) is 8.42 Å². The SMILES string of the molecule is O=C1[C@@H](OS(=O)(=O)c2ccc(Br)cc2)[C@@H](c2ccccc2)N1c1ccccc1. The van der Waals surface area contributed by atoms with Gasteiger partial charge in [0.2, 0.25) is 0 Å². The van der Waals surface area contributed by atoms with Crippen molar-refractivity contribution in [3.63, 3.8) is 0 Å². The van der Waals surface area contributed by atoms with Crippen LogP contribution < -0.4 is 4.90 Å². The second kappa shape index (κ2) is 7.50. The summed E-state index contributed by atoms with van der Waals surface area (Å²) in [4.78, 5) is 14.4. The molecular formula is C21H16BrNO4S. The number of hydrogen-bond acceptors (Lipinski definition) is 4. The number of hydrogen-bond donors (Lipinski definition) is 0. The van der Waals surface area contributed by atoms with Crippen molar-refractivity contribution in [3.8, 4) is 0 Å². The van der Waals surface area contributed by atoms with Gasteiger partial charge in [-0.1, -0.05) is 64.5 Å². The molecule has 3 aromatic carbocycles. The van der Waals surface area contributed by atoms with Gasteiger partial charge in [-0.25, -0.2) is 0 Å². The Bertz CT molecular complexity index is 1090. The van der Waals surface area contributed by atoms with E-state index in [0.717, 1.165) is 10.0 Å². The maximum atomic E-state index is 12.8. The van der Waals surface area contributed by atoms with Crippen molar-refractivity contribution in [2.24, 2.45) is 0 Å². The van der Waals surface area contributed by atoms with Crippen molar-refractivity contribution in [2.45, 2.75) is 17.0 Å². The second-order valence-electron chi connectivity index (χ2n) is 6.32. The van der Waals surface area contributed by atoms with Crippen LogP contribution in [0.25, 0.3) is 0 Å². The summed E-state index contributed by atoms with van der Waals surface area (Å²) in [7, 11) is -4.08. The van der Waals surface area contributed by atoms with E-state index >= 15 is 0 Å². The number of para-hydroxylation sites is 1. The predicted molar refractivity (Wildman–Crippen MR) is 109 cm³/mol. The van der Waals surface area contributed by atoms with Gasteiger partial charge in [0, 0.05) is 10.2 Å². The minimum Gasteiger partial charge on any atom is -0.299 e. The molecular weight excluding hydrogens is 442 g/mol. The average Bonchev–Trinajstić information content (AvgIpc) is 2.71. The van der Waals surface area contributed by atoms with Crippen LogP contribution >= 0.6 is 15.9 Å². The second-order valence-corrected chi connectivity index (χ2v) is 8.81. The van der Waals surface area contributed by atoms with Crippen LogP contribution in [0.15, 0.2) is 94.3 Å². The summed E-state index contributed by atoms with van der Waals surface area (Å²) in [6.07, 6.45) is -1.11. The number of β-lactam (4-membered cyclic amide) rings is 1. The van der Waals surface area contributed by atoms with Gasteiger partial charge < -0.3 is 0 Å². The number of carbonyl (C=O) groups is 1. The standard InChI is InChI=1S/C21H16BrNO4S/c22-16-11-13-18(14-12-16)28(25,26)27-20-19(15-7-3-1-4-8-15)23(21(20)24)17-9-5-2-6-10-17/h1-14,19-20H/t19-,20+/m1/s1. The molecule has 0 N–H and O–H groups in total. The zero-order valence-electron chi connectivity index (χ0n) is 14.6. The van der Waals surface area contributed by atoms with Gasteiger partial charge >= 0.3 is 0 Å². The van der Waals surface area contributed by atoms with Crippen LogP contribution in [-0.2, 0) is 19.1 Å². The van der Waals surface area contributed by atoms with Crippen molar-refractivity contribution >= 4 is 37.6 Å². The molecule has 0 radical (unpaired) electrons. The fraction of sp³-hybridized carbons (Fsp3) is 0.0952. The van der Waals surface area contributed by atoms with Gasteiger partial charge in [-0.15, -0.1) is 0 Å². The molecule has 142 valence electrons. The van der Waals surface area contributed by atoms with Crippen molar-refractivity contribution in [1.29, 1.82) is 0 Å². The van der Waals surface area contributed by atoms with Crippen molar-refractivity contribution in [2.75, 3.05) is 4.90 Å². The topological polar surface area (TPSA) is 63.7 Å². The van der Waals surface area contributed by atoms with E-state index in [0.29, 0.717) is 5.69 Å². The maximum Gasteiger partial charge on any atom is 0.297 e. The maximum absolute atomic E-state index is 12.8. The lowest BCUT2D eigenvalue weighted by Crippen LogP contribution is -2.60. The molecule has 7 heteroatoms. The van der Waals surface area contributed by atoms with Crippen molar-refractivity contribution in [1.82, 2.24) is 0 Å². The third-order valence-corrected chi connectivity index (χ3v) is 6.39. The normalized spacial score (nSPS) is 19.3. The molecule has 28 heavy (non-hydrogen) atoms. The molecule has 4 rings (SSSR count). The first-order chi connectivity index (χ1) is 13.5. The van der Waals surface area contributed by atoms with E-state index in [9.17, 15) is 13.2 Å². The number of anilines is 1. The molecule has 0 aromatic heterocycles. The lowest BCUT2D eigenvalue weighted by molar-refractivity contribution is -0.134. The molecule has 1 aliphatic heterocycles. The van der Waals surface area contributed by atoms with E-state index in [1.807, 2.05) is 60.7 Å². The van der Waals surface area contributed by atoms with E-state index in [1.165, 1.54) is 12.1 Å². The fourth-order valence-corrected chi connectivity index (χ4v) is 4.51. The quantitative estimate of drug-likeness (QED) is 0.422. The molecule has 1 aliphatic rings. The van der Waals surface area contributed by atoms with Gasteiger partial charge in [0.25, 0.3) is 16.0 Å². The van der Waals surface area contributed by atoms with Gasteiger partial charge in [0.1, 0.15) is 0 Å². The third-order valence-electron chi connectivity index (χ3n) is 4.55. The van der Waals surface area contributed by atoms with E-state index in [1.54, 1.807) is 17.0 Å². The zero-order valence-corrected chi connectivity index (χ0v) is 17.0. The number of benzene rings is 3. The Morgan fingerprint density at radius 1 is 0.821 bits per heavy atom. The molecule has 3 aromatic rings. The lowest BCUT2D eigenvalue weighted by Gasteiger charge is -2.46. The Morgan fingerprint density at radius 3 is 2.00 bits per heavy atom. The molecule has 1 heterocycles. The third kappa shape index (κ3) is 3.48. The summed E-state index contributed by atoms with van der Waals surface area (Å²) in [5.41, 5.74) is 1.50. The van der Waals surface area contributed by atoms with Crippen molar-refractivity contribution in [3.05, 3.63) is 95.0 Å². The van der Waals surface area contributed by atoms with Crippen LogP contribution in [-0.4, -0.2) is 20.4 Å². The monoisotopic (exact) mass is 457 g/mol. The molecule has 2 atom stereocenters. The highest BCUT2D eigenvalue weighted by Gasteiger charge is 2.52. The highest BCUT2D eigenvalue weighted by molar-refractivity contribution is 9.10. The largest absolute Gasteiger partial charge is 0.299 e. The molecule has 0 aliphatic carbocycles. The summed E-state index contributed by atoms with van der Waals surface area (Å²) in [6, 6.07) is 24.0. The first-order valence-electron chi connectivity index (χ1n) is 8.59. The van der Waals surface area contributed by atoms with Crippen LogP contribution in [0.1, 0.15) is 11.6 Å². The highest BCUT2D eigenvalue weighted by Crippen LogP contribution is 2.42. The Morgan fingerprint density at radius 2 is 1.39 bits per heavy atom. The van der Waals surface area contributed by atoms with E-state index in [-0.39, 0.29) is 10.8 Å². The summed E-state index contributed by atoms with van der Waals surface area (Å²) < 4.78 is 31.6. The number of halogens is 1. The van der Waals surface area contributed by atoms with Crippen LogP contribution in [0.4, 0.5) is 5.69 Å². The molecule has 0 unspecified atom stereocenters. The molecule has 0 saturated carbocycles. The van der Waals surface area contributed by atoms with Crippen LogP contribution in [0.2, 0.25) is 0 Å². The summed E-state index contributed by atoms with van der Waals surface area (Å²) in [6.45, 7) is 0. The fourth-order valence-electron chi connectivity index (χ4n) is 3.20. The molecule has 0 bridgehead atoms. The van der Waals surface area contributed by atoms with Gasteiger partial charge in [0.15, 0.2) is 6.10 Å². The summed E-state index contributed by atoms with van der Waals surface area (Å²) >= 11 is 3.27. The minimum absolute atomic E-state index is 0.00785. The number of rotatable bonds is 5. The van der Waals surface area contributed by atoms with Gasteiger partial charge in [-0.05, 0) is 42.0 Å². The Balaban J connectivity index is 1.68. The number of carbonyl (C=O) groups excluding carboxylic acids is 1. The van der Waals surface area contributed by atoms with Crippen LogP contribution in [0.3, 0.4) is 0 Å². The molecule has 1 saturated heterocycles. The smallest absolute Gasteiger partial charge is 0.297 e. The Hall–Kier alpha value is -2.48. The van der Waals surface area contributed by atoms with Gasteiger partial charge in [-0.3, -0.25) is 13.9 Å². The first kappa shape index (κ1) is 18.9. The van der Waals surface area contributed by atoms with Crippen LogP contribution in [0, 0.1) is 0 Å². The minimum atomic E-state index is -4.08. The molecule has 1 fully saturated rings. The first-order valence-corrected chi connectivity index (χ1v) is 10.8.